The second-order valence-corrected chi connectivity index (χ2v) is 7.92. The number of rotatable bonds is 6. The fourth-order valence-electron chi connectivity index (χ4n) is 3.34. The molecule has 0 unspecified atom stereocenters. The van der Waals surface area contributed by atoms with Crippen LogP contribution in [0.3, 0.4) is 0 Å². The van der Waals surface area contributed by atoms with E-state index in [1.165, 1.54) is 6.21 Å². The Morgan fingerprint density at radius 2 is 1.90 bits per heavy atom. The lowest BCUT2D eigenvalue weighted by Gasteiger charge is -2.23. The highest BCUT2D eigenvalue weighted by atomic mass is 35.5. The Morgan fingerprint density at radius 1 is 1.19 bits per heavy atom. The van der Waals surface area contributed by atoms with E-state index in [4.69, 9.17) is 38.8 Å². The second-order valence-electron chi connectivity index (χ2n) is 7.10. The lowest BCUT2D eigenvalue weighted by Crippen LogP contribution is -2.37. The van der Waals surface area contributed by atoms with E-state index in [1.54, 1.807) is 30.5 Å². The third-order valence-corrected chi connectivity index (χ3v) is 5.68. The molecule has 1 aliphatic rings. The number of benzene rings is 1. The molecule has 0 spiro atoms. The van der Waals surface area contributed by atoms with Gasteiger partial charge in [-0.1, -0.05) is 29.3 Å². The molecule has 8 nitrogen and oxygen atoms in total. The zero-order valence-electron chi connectivity index (χ0n) is 16.5. The van der Waals surface area contributed by atoms with E-state index in [0.29, 0.717) is 38.4 Å². The van der Waals surface area contributed by atoms with E-state index in [0.717, 1.165) is 25.9 Å². The quantitative estimate of drug-likeness (QED) is 0.411. The fraction of sp³-hybridized carbons (Fsp3) is 0.238. The van der Waals surface area contributed by atoms with Crippen LogP contribution in [0.4, 0.5) is 5.82 Å². The Hall–Kier alpha value is -2.94. The Bertz CT molecular complexity index is 1100. The number of allylic oxidation sites excluding steroid dienone is 1. The van der Waals surface area contributed by atoms with E-state index in [-0.39, 0.29) is 17.6 Å². The molecule has 3 heterocycles. The molecule has 31 heavy (non-hydrogen) atoms. The minimum Gasteiger partial charge on any atom is -0.416 e. The molecule has 0 bridgehead atoms. The number of nitrogens with one attached hydrogen (secondary N) is 3. The number of hydrogen-bond acceptors (Lipinski definition) is 8. The largest absolute Gasteiger partial charge is 0.416 e. The molecule has 0 atom stereocenters. The average molecular weight is 458 g/mol. The minimum absolute atomic E-state index is 0.186. The predicted octanol–water partition coefficient (Wildman–Crippen LogP) is 4.02. The van der Waals surface area contributed by atoms with Gasteiger partial charge in [-0.15, -0.1) is 10.2 Å². The van der Waals surface area contributed by atoms with Crippen molar-refractivity contribution < 1.29 is 4.42 Å². The highest BCUT2D eigenvalue weighted by Gasteiger charge is 2.19. The summed E-state index contributed by atoms with van der Waals surface area (Å²) < 4.78 is 5.81. The first-order chi connectivity index (χ1) is 15.1. The minimum atomic E-state index is 0.186. The highest BCUT2D eigenvalue weighted by Crippen LogP contribution is 2.36. The van der Waals surface area contributed by atoms with Crippen molar-refractivity contribution in [3.05, 3.63) is 52.3 Å². The van der Waals surface area contributed by atoms with Gasteiger partial charge in [0.2, 0.25) is 0 Å². The predicted molar refractivity (Wildman–Crippen MR) is 123 cm³/mol. The Kier molecular flexibility index (Phi) is 6.50. The molecule has 0 radical (unpaired) electrons. The molecule has 1 saturated heterocycles. The summed E-state index contributed by atoms with van der Waals surface area (Å²) in [6.45, 7) is 1.96. The topological polar surface area (TPSA) is 126 Å². The normalized spacial score (nSPS) is 15.1. The van der Waals surface area contributed by atoms with Gasteiger partial charge in [0.25, 0.3) is 11.8 Å². The summed E-state index contributed by atoms with van der Waals surface area (Å²) in [5.41, 5.74) is 8.37. The number of pyridine rings is 1. The molecule has 0 aliphatic carbocycles. The number of anilines is 1. The van der Waals surface area contributed by atoms with E-state index < -0.39 is 0 Å². The molecule has 3 aromatic rings. The lowest BCUT2D eigenvalue weighted by atomic mass is 10.1. The van der Waals surface area contributed by atoms with Crippen LogP contribution in [0.15, 0.2) is 41.1 Å². The molecular weight excluding hydrogens is 437 g/mol. The number of nitrogens with zero attached hydrogens (tertiary/aromatic N) is 3. The molecule has 10 heteroatoms. The SMILES string of the molecule is N=C/C(=C\NC1CCNCC1)c1cnc(N)c(-c2nnc(-c3c(Cl)cccc3Cl)o2)c1. The third kappa shape index (κ3) is 4.71. The summed E-state index contributed by atoms with van der Waals surface area (Å²) in [5, 5.41) is 23.5. The van der Waals surface area contributed by atoms with Crippen molar-refractivity contribution in [2.24, 2.45) is 0 Å². The average Bonchev–Trinajstić information content (AvgIpc) is 3.25. The van der Waals surface area contributed by atoms with Crippen LogP contribution in [0.25, 0.3) is 28.5 Å². The van der Waals surface area contributed by atoms with Crippen LogP contribution in [0.2, 0.25) is 10.0 Å². The summed E-state index contributed by atoms with van der Waals surface area (Å²) in [7, 11) is 0. The molecule has 5 N–H and O–H groups in total. The first-order valence-electron chi connectivity index (χ1n) is 9.78. The van der Waals surface area contributed by atoms with Gasteiger partial charge < -0.3 is 26.2 Å². The van der Waals surface area contributed by atoms with Crippen molar-refractivity contribution >= 4 is 40.8 Å². The van der Waals surface area contributed by atoms with Crippen LogP contribution in [0, 0.1) is 5.41 Å². The van der Waals surface area contributed by atoms with Crippen LogP contribution in [0.1, 0.15) is 18.4 Å². The zero-order chi connectivity index (χ0) is 21.8. The lowest BCUT2D eigenvalue weighted by molar-refractivity contribution is 0.420. The van der Waals surface area contributed by atoms with Gasteiger partial charge in [0, 0.05) is 35.8 Å². The Morgan fingerprint density at radius 3 is 2.61 bits per heavy atom. The van der Waals surface area contributed by atoms with Crippen molar-refractivity contribution in [1.29, 1.82) is 5.41 Å². The van der Waals surface area contributed by atoms with Crippen LogP contribution in [-0.2, 0) is 0 Å². The van der Waals surface area contributed by atoms with Crippen LogP contribution in [0.5, 0.6) is 0 Å². The molecule has 1 aromatic carbocycles. The van der Waals surface area contributed by atoms with Gasteiger partial charge in [-0.05, 0) is 44.1 Å². The maximum absolute atomic E-state index is 7.82. The Labute approximate surface area is 189 Å². The number of hydrogen-bond donors (Lipinski definition) is 4. The first kappa shape index (κ1) is 21.3. The number of halogens is 2. The van der Waals surface area contributed by atoms with E-state index >= 15 is 0 Å². The van der Waals surface area contributed by atoms with Crippen molar-refractivity contribution in [2.45, 2.75) is 18.9 Å². The van der Waals surface area contributed by atoms with Gasteiger partial charge in [0.05, 0.1) is 21.2 Å². The second kappa shape index (κ2) is 9.47. The van der Waals surface area contributed by atoms with E-state index in [9.17, 15) is 0 Å². The molecule has 0 amide bonds. The molecule has 2 aromatic heterocycles. The number of nitrogen functional groups attached to an aromatic ring is 1. The molecular formula is C21H21Cl2N7O. The van der Waals surface area contributed by atoms with Gasteiger partial charge in [-0.2, -0.15) is 0 Å². The van der Waals surface area contributed by atoms with Gasteiger partial charge in [-0.25, -0.2) is 4.98 Å². The molecule has 160 valence electrons. The summed E-state index contributed by atoms with van der Waals surface area (Å²) >= 11 is 12.5. The zero-order valence-corrected chi connectivity index (χ0v) is 18.0. The van der Waals surface area contributed by atoms with E-state index in [2.05, 4.69) is 25.8 Å². The summed E-state index contributed by atoms with van der Waals surface area (Å²) in [6, 6.07) is 7.27. The smallest absolute Gasteiger partial charge is 0.251 e. The van der Waals surface area contributed by atoms with Crippen molar-refractivity contribution in [3.8, 4) is 22.9 Å². The standard InChI is InChI=1S/C21H21Cl2N7O/c22-16-2-1-3-17(23)18(16)21-30-29-20(31-21)15-8-12(10-28-19(15)25)13(9-24)11-27-14-4-6-26-7-5-14/h1-3,8-11,14,24,26-27H,4-7H2,(H2,25,28)/b13-11+,24-9?. The number of nitrogens with two attached hydrogens (primary N) is 1. The number of piperidine rings is 1. The van der Waals surface area contributed by atoms with Gasteiger partial charge >= 0.3 is 0 Å². The van der Waals surface area contributed by atoms with E-state index in [1.807, 2.05) is 6.20 Å². The first-order valence-corrected chi connectivity index (χ1v) is 10.5. The monoisotopic (exact) mass is 457 g/mol. The fourth-order valence-corrected chi connectivity index (χ4v) is 3.90. The summed E-state index contributed by atoms with van der Waals surface area (Å²) in [5.74, 6) is 0.610. The van der Waals surface area contributed by atoms with Gasteiger partial charge in [0.15, 0.2) is 0 Å². The highest BCUT2D eigenvalue weighted by molar-refractivity contribution is 6.38. The molecule has 1 aliphatic heterocycles. The molecule has 0 saturated carbocycles. The molecule has 4 rings (SSSR count). The molecule has 1 fully saturated rings. The van der Waals surface area contributed by atoms with Crippen molar-refractivity contribution in [1.82, 2.24) is 25.8 Å². The van der Waals surface area contributed by atoms with Crippen LogP contribution in [-0.4, -0.2) is 40.5 Å². The van der Waals surface area contributed by atoms with Crippen molar-refractivity contribution in [3.63, 3.8) is 0 Å². The van der Waals surface area contributed by atoms with Gasteiger partial charge in [-0.3, -0.25) is 0 Å². The maximum Gasteiger partial charge on any atom is 0.251 e. The summed E-state index contributed by atoms with van der Waals surface area (Å²) in [6.07, 6.45) is 6.78. The van der Waals surface area contributed by atoms with Crippen molar-refractivity contribution in [2.75, 3.05) is 18.8 Å². The van der Waals surface area contributed by atoms with Crippen LogP contribution < -0.4 is 16.4 Å². The Balaban J connectivity index is 1.64. The third-order valence-electron chi connectivity index (χ3n) is 5.05. The van der Waals surface area contributed by atoms with Crippen LogP contribution >= 0.6 is 23.2 Å². The summed E-state index contributed by atoms with van der Waals surface area (Å²) in [4.78, 5) is 4.25. The van der Waals surface area contributed by atoms with Gasteiger partial charge in [0.1, 0.15) is 5.82 Å². The number of aromatic nitrogens is 3. The maximum atomic E-state index is 7.82.